The van der Waals surface area contributed by atoms with Gasteiger partial charge in [0.05, 0.1) is 12.1 Å². The molecule has 1 aliphatic heterocycles. The Labute approximate surface area is 178 Å². The van der Waals surface area contributed by atoms with Crippen molar-refractivity contribution < 1.29 is 24.2 Å². The third-order valence-corrected chi connectivity index (χ3v) is 5.49. The summed E-state index contributed by atoms with van der Waals surface area (Å²) in [4.78, 5) is 37.0. The number of ether oxygens (including phenoxy) is 1. The Hall–Kier alpha value is -3.88. The lowest BCUT2D eigenvalue weighted by Crippen LogP contribution is -2.45. The van der Waals surface area contributed by atoms with Crippen molar-refractivity contribution in [1.82, 2.24) is 14.7 Å². The molecule has 0 radical (unpaired) electrons. The molecule has 9 nitrogen and oxygen atoms in total. The predicted octanol–water partition coefficient (Wildman–Crippen LogP) is 1.83. The van der Waals surface area contributed by atoms with E-state index in [2.05, 4.69) is 5.10 Å². The van der Waals surface area contributed by atoms with Gasteiger partial charge in [-0.2, -0.15) is 5.10 Å². The van der Waals surface area contributed by atoms with Gasteiger partial charge in [-0.25, -0.2) is 0 Å². The van der Waals surface area contributed by atoms with E-state index >= 15 is 0 Å². The Kier molecular flexibility index (Phi) is 5.33. The number of carboxylic acids is 1. The van der Waals surface area contributed by atoms with Crippen molar-refractivity contribution >= 4 is 28.7 Å². The number of nitrogens with two attached hydrogens (primary N) is 1. The number of nitrogens with zero attached hydrogens (tertiary/aromatic N) is 3. The summed E-state index contributed by atoms with van der Waals surface area (Å²) in [5, 5.41) is 14.4. The van der Waals surface area contributed by atoms with Crippen molar-refractivity contribution in [2.75, 3.05) is 0 Å². The first-order valence-corrected chi connectivity index (χ1v) is 9.84. The quantitative estimate of drug-likeness (QED) is 0.570. The maximum absolute atomic E-state index is 12.9. The molecule has 0 fully saturated rings. The number of primary amides is 1. The lowest BCUT2D eigenvalue weighted by atomic mass is 10.1. The summed E-state index contributed by atoms with van der Waals surface area (Å²) in [6, 6.07) is 12.0. The first-order valence-electron chi connectivity index (χ1n) is 9.84. The van der Waals surface area contributed by atoms with Gasteiger partial charge in [-0.05, 0) is 24.6 Å². The molecule has 0 saturated heterocycles. The zero-order chi connectivity index (χ0) is 22.1. The molecule has 0 bridgehead atoms. The maximum atomic E-state index is 12.9. The van der Waals surface area contributed by atoms with E-state index in [-0.39, 0.29) is 31.9 Å². The van der Waals surface area contributed by atoms with E-state index in [4.69, 9.17) is 15.6 Å². The monoisotopic (exact) mass is 422 g/mol. The molecule has 1 aromatic heterocycles. The van der Waals surface area contributed by atoms with E-state index in [9.17, 15) is 14.4 Å². The number of aliphatic carboxylic acids is 1. The number of hydrogen-bond donors (Lipinski definition) is 2. The summed E-state index contributed by atoms with van der Waals surface area (Å²) >= 11 is 0. The third-order valence-electron chi connectivity index (χ3n) is 5.49. The Balaban J connectivity index is 1.57. The van der Waals surface area contributed by atoms with E-state index in [1.807, 2.05) is 31.3 Å². The summed E-state index contributed by atoms with van der Waals surface area (Å²) in [5.41, 5.74) is 8.29. The highest BCUT2D eigenvalue weighted by molar-refractivity contribution is 6.01. The normalized spacial score (nSPS) is 14.0. The lowest BCUT2D eigenvalue weighted by molar-refractivity contribution is -0.137. The van der Waals surface area contributed by atoms with Crippen molar-refractivity contribution in [2.45, 2.75) is 32.0 Å². The molecule has 0 spiro atoms. The van der Waals surface area contributed by atoms with E-state index < -0.39 is 17.9 Å². The summed E-state index contributed by atoms with van der Waals surface area (Å²) in [6.07, 6.45) is -0.301. The molecule has 31 heavy (non-hydrogen) atoms. The zero-order valence-electron chi connectivity index (χ0n) is 16.9. The average Bonchev–Trinajstić information content (AvgIpc) is 3.24. The van der Waals surface area contributed by atoms with E-state index in [1.54, 1.807) is 22.9 Å². The summed E-state index contributed by atoms with van der Waals surface area (Å²) < 4.78 is 7.81. The number of carbonyl (C=O) groups excluding carboxylic acids is 2. The van der Waals surface area contributed by atoms with E-state index in [1.165, 1.54) is 4.90 Å². The van der Waals surface area contributed by atoms with Gasteiger partial charge in [0.2, 0.25) is 5.91 Å². The van der Waals surface area contributed by atoms with Crippen molar-refractivity contribution in [2.24, 2.45) is 12.8 Å². The highest BCUT2D eigenvalue weighted by Crippen LogP contribution is 2.33. The van der Waals surface area contributed by atoms with Crippen molar-refractivity contribution in [1.29, 1.82) is 0 Å². The fraction of sp³-hybridized carbons (Fsp3) is 0.273. The fourth-order valence-corrected chi connectivity index (χ4v) is 3.97. The molecule has 2 heterocycles. The van der Waals surface area contributed by atoms with Crippen LogP contribution in [0.25, 0.3) is 10.9 Å². The van der Waals surface area contributed by atoms with Gasteiger partial charge in [0.25, 0.3) is 5.91 Å². The SMILES string of the molecule is Cn1nc(COc2cccc3c2CN(C(CCC(=O)O)C(N)=O)C3=O)c2ccccc21. The third kappa shape index (κ3) is 3.81. The Morgan fingerprint density at radius 1 is 1.23 bits per heavy atom. The predicted molar refractivity (Wildman–Crippen MR) is 111 cm³/mol. The Bertz CT molecular complexity index is 1190. The van der Waals surface area contributed by atoms with Crippen LogP contribution < -0.4 is 10.5 Å². The van der Waals surface area contributed by atoms with Gasteiger partial charge in [0.15, 0.2) is 0 Å². The minimum absolute atomic E-state index is 0.0412. The van der Waals surface area contributed by atoms with E-state index in [0.717, 1.165) is 16.6 Å². The van der Waals surface area contributed by atoms with Gasteiger partial charge in [0.1, 0.15) is 24.1 Å². The van der Waals surface area contributed by atoms with Gasteiger partial charge in [-0.15, -0.1) is 0 Å². The molecule has 0 saturated carbocycles. The maximum Gasteiger partial charge on any atom is 0.303 e. The van der Waals surface area contributed by atoms with Crippen LogP contribution in [0.1, 0.15) is 34.5 Å². The molecular weight excluding hydrogens is 400 g/mol. The van der Waals surface area contributed by atoms with Gasteiger partial charge >= 0.3 is 5.97 Å². The van der Waals surface area contributed by atoms with E-state index in [0.29, 0.717) is 16.9 Å². The number of amides is 2. The summed E-state index contributed by atoms with van der Waals surface area (Å²) in [7, 11) is 1.86. The minimum Gasteiger partial charge on any atom is -0.487 e. The Morgan fingerprint density at radius 3 is 2.74 bits per heavy atom. The minimum atomic E-state index is -1.05. The standard InChI is InChI=1S/C22H22N4O5/c1-25-17-7-3-2-5-14(17)16(24-25)12-31-19-8-4-6-13-15(19)11-26(22(13)30)18(21(23)29)9-10-20(27)28/h2-8,18H,9-12H2,1H3,(H2,23,29)(H,27,28). The van der Waals surface area contributed by atoms with Gasteiger partial charge in [0, 0.05) is 30.0 Å². The number of carboxylic acid groups (broad SMARTS) is 1. The molecule has 1 atom stereocenters. The van der Waals surface area contributed by atoms with Crippen LogP contribution >= 0.6 is 0 Å². The van der Waals surface area contributed by atoms with Crippen molar-refractivity contribution in [3.05, 3.63) is 59.3 Å². The Morgan fingerprint density at radius 2 is 2.00 bits per heavy atom. The number of rotatable bonds is 8. The van der Waals surface area contributed by atoms with Crippen LogP contribution in [0.4, 0.5) is 0 Å². The van der Waals surface area contributed by atoms with Gasteiger partial charge in [-0.1, -0.05) is 24.3 Å². The number of hydrogen-bond acceptors (Lipinski definition) is 5. The molecule has 2 amide bonds. The first kappa shape index (κ1) is 20.4. The van der Waals surface area contributed by atoms with Crippen LogP contribution in [0.5, 0.6) is 5.75 Å². The molecule has 160 valence electrons. The molecule has 9 heteroatoms. The highest BCUT2D eigenvalue weighted by Gasteiger charge is 2.37. The second-order valence-electron chi connectivity index (χ2n) is 7.44. The lowest BCUT2D eigenvalue weighted by Gasteiger charge is -2.24. The van der Waals surface area contributed by atoms with Crippen LogP contribution in [-0.2, 0) is 29.8 Å². The van der Waals surface area contributed by atoms with Crippen LogP contribution in [0.3, 0.4) is 0 Å². The number of para-hydroxylation sites is 1. The molecule has 0 aliphatic carbocycles. The molecule has 1 unspecified atom stereocenters. The number of aryl methyl sites for hydroxylation is 1. The average molecular weight is 422 g/mol. The fourth-order valence-electron chi connectivity index (χ4n) is 3.97. The molecular formula is C22H22N4O5. The van der Waals surface area contributed by atoms with Crippen LogP contribution in [0.15, 0.2) is 42.5 Å². The summed E-state index contributed by atoms with van der Waals surface area (Å²) in [5.74, 6) is -1.63. The molecule has 1 aliphatic rings. The van der Waals surface area contributed by atoms with Gasteiger partial charge in [-0.3, -0.25) is 19.1 Å². The summed E-state index contributed by atoms with van der Waals surface area (Å²) in [6.45, 7) is 0.338. The smallest absolute Gasteiger partial charge is 0.303 e. The molecule has 2 aromatic carbocycles. The molecule has 3 aromatic rings. The molecule has 4 rings (SSSR count). The first-order chi connectivity index (χ1) is 14.9. The van der Waals surface area contributed by atoms with Crippen LogP contribution in [-0.4, -0.2) is 43.6 Å². The largest absolute Gasteiger partial charge is 0.487 e. The second-order valence-corrected chi connectivity index (χ2v) is 7.44. The van der Waals surface area contributed by atoms with Crippen molar-refractivity contribution in [3.8, 4) is 5.75 Å². The topological polar surface area (TPSA) is 128 Å². The van der Waals surface area contributed by atoms with Crippen LogP contribution in [0.2, 0.25) is 0 Å². The number of carbonyl (C=O) groups is 3. The molecule has 3 N–H and O–H groups in total. The number of aromatic nitrogens is 2. The van der Waals surface area contributed by atoms with Crippen molar-refractivity contribution in [3.63, 3.8) is 0 Å². The van der Waals surface area contributed by atoms with Crippen LogP contribution in [0, 0.1) is 0 Å². The van der Waals surface area contributed by atoms with Gasteiger partial charge < -0.3 is 20.5 Å². The highest BCUT2D eigenvalue weighted by atomic mass is 16.5. The number of benzene rings is 2. The zero-order valence-corrected chi connectivity index (χ0v) is 16.9. The second kappa shape index (κ2) is 8.10. The number of fused-ring (bicyclic) bond motifs is 2.